The van der Waals surface area contributed by atoms with Crippen molar-refractivity contribution in [3.63, 3.8) is 0 Å². The van der Waals surface area contributed by atoms with Gasteiger partial charge in [-0.1, -0.05) is 174 Å². The summed E-state index contributed by atoms with van der Waals surface area (Å²) in [7, 11) is 1.92. The number of benzene rings is 1. The molecule has 4 rings (SSSR count). The predicted octanol–water partition coefficient (Wildman–Crippen LogP) is 17.8. The zero-order chi connectivity index (χ0) is 66.6. The number of amides is 1. The zero-order valence-electron chi connectivity index (χ0n) is 57.7. The Morgan fingerprint density at radius 3 is 1.70 bits per heavy atom. The topological polar surface area (TPSA) is 210 Å². The maximum absolute atomic E-state index is 13.5. The summed E-state index contributed by atoms with van der Waals surface area (Å²) in [6.45, 7) is 13.0. The lowest BCUT2D eigenvalue weighted by atomic mass is 9.92. The minimum atomic E-state index is -0.907. The molecule has 0 saturated carbocycles. The van der Waals surface area contributed by atoms with E-state index in [0.29, 0.717) is 42.1 Å². The van der Waals surface area contributed by atoms with E-state index in [9.17, 15) is 28.8 Å². The number of hydrogen-bond donors (Lipinski definition) is 0. The minimum Gasteiger partial charge on any atom is -0.462 e. The highest BCUT2D eigenvalue weighted by atomic mass is 16.6. The molecule has 1 aromatic carbocycles. The molecule has 0 radical (unpaired) electrons. The van der Waals surface area contributed by atoms with E-state index >= 15 is 0 Å². The quantitative estimate of drug-likeness (QED) is 0.0169. The van der Waals surface area contributed by atoms with Crippen LogP contribution in [0, 0.1) is 37.0 Å². The third kappa shape index (κ3) is 31.8. The fourth-order valence-electron chi connectivity index (χ4n) is 12.0. The number of esters is 4. The maximum atomic E-state index is 13.5. The average Bonchev–Trinajstić information content (AvgIpc) is 1.58. The van der Waals surface area contributed by atoms with Crippen LogP contribution >= 0.6 is 0 Å². The van der Waals surface area contributed by atoms with Crippen molar-refractivity contribution in [3.05, 3.63) is 71.7 Å². The molecule has 0 spiro atoms. The molecule has 17 nitrogen and oxygen atoms in total. The molecule has 3 heterocycles. The second kappa shape index (κ2) is 47.3. The van der Waals surface area contributed by atoms with E-state index in [4.69, 9.17) is 28.9 Å². The molecule has 1 unspecified atom stereocenters. The Labute approximate surface area is 552 Å². The first-order valence-corrected chi connectivity index (χ1v) is 35.6. The van der Waals surface area contributed by atoms with Gasteiger partial charge in [0.2, 0.25) is 5.91 Å². The number of carbonyl (C=O) groups excluding carboxylic acids is 6. The number of piperidine rings is 1. The third-order valence-corrected chi connectivity index (χ3v) is 17.6. The summed E-state index contributed by atoms with van der Waals surface area (Å²) in [5, 5.41) is 9.74. The molecule has 1 aliphatic heterocycles. The van der Waals surface area contributed by atoms with Gasteiger partial charge in [-0.25, -0.2) is 19.3 Å². The number of rotatable bonds is 49. The van der Waals surface area contributed by atoms with E-state index in [1.165, 1.54) is 101 Å². The van der Waals surface area contributed by atoms with Crippen LogP contribution in [0.15, 0.2) is 55.0 Å². The number of anilines is 1. The molecule has 1 fully saturated rings. The number of ether oxygens (including phenoxy) is 5. The molecule has 92 heavy (non-hydrogen) atoms. The Bertz CT molecular complexity index is 2650. The average molecular weight is 1280 g/mol. The number of aryl methyl sites for hydroxylation is 2. The Morgan fingerprint density at radius 2 is 1.16 bits per heavy atom. The standard InChI is InChI=1S/C75H116N6O11/c1-8-10-12-14-16-18-20-22-24-26-28-30-32-34-38-42-68(83)88-56-64(57-89-69(84)43-39-35-33-31-29-27-25-23-21-19-17-15-13-11-9-2)91-71(86)51-59(3)41-37-36-40-44-70(85)92-72-61(5)52-63(53-62(72)6)55-90-75(87)81-50-47-65-73(77-58-78-74(65)81)79(7)66-54-80(49-46-60(66)4)67(82)45-48-76/h22-25,47,50,52-53,58-60,64,66H,8-21,26-46,49,51,54-57H2,1-7H3/b24-22-,25-23-/t59?,60-,66+/m1/s1. The van der Waals surface area contributed by atoms with Crippen molar-refractivity contribution in [1.29, 1.82) is 5.26 Å². The molecule has 17 heteroatoms. The first kappa shape index (κ1) is 77.9. The molecule has 2 aromatic heterocycles. The zero-order valence-corrected chi connectivity index (χ0v) is 57.7. The van der Waals surface area contributed by atoms with Crippen molar-refractivity contribution in [1.82, 2.24) is 19.4 Å². The highest BCUT2D eigenvalue weighted by Gasteiger charge is 2.33. The van der Waals surface area contributed by atoms with Gasteiger partial charge < -0.3 is 33.5 Å². The second-order valence-corrected chi connectivity index (χ2v) is 25.9. The van der Waals surface area contributed by atoms with Gasteiger partial charge in [0, 0.05) is 52.0 Å². The van der Waals surface area contributed by atoms with Crippen LogP contribution < -0.4 is 9.64 Å². The Hall–Kier alpha value is -6.57. The number of likely N-dealkylation sites (tertiary alicyclic amines) is 1. The van der Waals surface area contributed by atoms with E-state index in [0.717, 1.165) is 119 Å². The van der Waals surface area contributed by atoms with Gasteiger partial charge in [-0.15, -0.1) is 0 Å². The van der Waals surface area contributed by atoms with Gasteiger partial charge in [-0.3, -0.25) is 24.0 Å². The lowest BCUT2D eigenvalue weighted by molar-refractivity contribution is -0.167. The maximum Gasteiger partial charge on any atom is 0.420 e. The van der Waals surface area contributed by atoms with Gasteiger partial charge in [0.05, 0.1) is 17.5 Å². The number of likely N-dealkylation sites (N-methyl/N-ethyl adjacent to an activating group) is 1. The molecule has 1 amide bonds. The van der Waals surface area contributed by atoms with E-state index in [1.54, 1.807) is 17.2 Å². The van der Waals surface area contributed by atoms with Crippen LogP contribution in [-0.2, 0) is 49.5 Å². The van der Waals surface area contributed by atoms with Crippen molar-refractivity contribution in [2.45, 2.75) is 291 Å². The Balaban J connectivity index is 1.16. The molecular weight excluding hydrogens is 1160 g/mol. The first-order valence-electron chi connectivity index (χ1n) is 35.6. The number of unbranched alkanes of at least 4 members (excludes halogenated alkanes) is 24. The van der Waals surface area contributed by atoms with Gasteiger partial charge in [0.25, 0.3) is 0 Å². The normalized spacial score (nSPS) is 14.4. The number of aromatic nitrogens is 3. The molecule has 1 aliphatic rings. The van der Waals surface area contributed by atoms with E-state index in [2.05, 4.69) is 55.0 Å². The second-order valence-electron chi connectivity index (χ2n) is 25.9. The van der Waals surface area contributed by atoms with Crippen molar-refractivity contribution >= 4 is 52.7 Å². The predicted molar refractivity (Wildman–Crippen MR) is 365 cm³/mol. The van der Waals surface area contributed by atoms with Crippen LogP contribution in [0.3, 0.4) is 0 Å². The van der Waals surface area contributed by atoms with Crippen molar-refractivity contribution in [2.75, 3.05) is 38.3 Å². The number of nitriles is 1. The van der Waals surface area contributed by atoms with Gasteiger partial charge >= 0.3 is 30.0 Å². The Morgan fingerprint density at radius 1 is 0.663 bits per heavy atom. The molecule has 512 valence electrons. The fraction of sp³-hybridized carbons (Fsp3) is 0.693. The number of allylic oxidation sites excluding steroid dienone is 4. The number of fused-ring (bicyclic) bond motifs is 1. The van der Waals surface area contributed by atoms with Crippen molar-refractivity contribution in [3.8, 4) is 11.8 Å². The van der Waals surface area contributed by atoms with Crippen molar-refractivity contribution < 1.29 is 52.5 Å². The van der Waals surface area contributed by atoms with Gasteiger partial charge in [-0.05, 0) is 138 Å². The van der Waals surface area contributed by atoms with E-state index in [1.807, 2.05) is 50.9 Å². The third-order valence-electron chi connectivity index (χ3n) is 17.6. The monoisotopic (exact) mass is 1280 g/mol. The summed E-state index contributed by atoms with van der Waals surface area (Å²) in [5.74, 6) is -0.375. The van der Waals surface area contributed by atoms with E-state index in [-0.39, 0.29) is 93.6 Å². The molecule has 0 N–H and O–H groups in total. The largest absolute Gasteiger partial charge is 0.462 e. The summed E-state index contributed by atoms with van der Waals surface area (Å²) >= 11 is 0. The van der Waals surface area contributed by atoms with Crippen molar-refractivity contribution in [2.24, 2.45) is 11.8 Å². The number of hydrogen-bond acceptors (Lipinski definition) is 15. The SMILES string of the molecule is CCCCCCCC/C=C\CCCCCCCC(=O)OCC(COC(=O)CCCCCCC/C=C\CCCCCCCC)OC(=O)CC(C)CCCCCC(=O)Oc1c(C)cc(COC(=O)n2ccc3c(N(C)[C@H]4CN(C(=O)CC#N)CC[C@H]4C)ncnc32)cc1C. The summed E-state index contributed by atoms with van der Waals surface area (Å²) < 4.78 is 30.0. The van der Waals surface area contributed by atoms with Gasteiger partial charge in [0.1, 0.15) is 44.1 Å². The molecular formula is C75H116N6O11. The highest BCUT2D eigenvalue weighted by molar-refractivity contribution is 5.93. The van der Waals surface area contributed by atoms with Crippen LogP contribution in [0.5, 0.6) is 5.75 Å². The molecule has 0 aliphatic carbocycles. The van der Waals surface area contributed by atoms with Crippen LogP contribution in [0.1, 0.15) is 276 Å². The van der Waals surface area contributed by atoms with Crippen LogP contribution in [-0.4, -0.2) is 101 Å². The lowest BCUT2D eigenvalue weighted by Gasteiger charge is -2.42. The summed E-state index contributed by atoms with van der Waals surface area (Å²) in [4.78, 5) is 90.9. The van der Waals surface area contributed by atoms with Crippen LogP contribution in [0.2, 0.25) is 0 Å². The van der Waals surface area contributed by atoms with Gasteiger partial charge in [0.15, 0.2) is 11.8 Å². The van der Waals surface area contributed by atoms with Crippen LogP contribution in [0.25, 0.3) is 11.0 Å². The fourth-order valence-corrected chi connectivity index (χ4v) is 12.0. The highest BCUT2D eigenvalue weighted by Crippen LogP contribution is 2.31. The minimum absolute atomic E-state index is 0.0125. The molecule has 3 aromatic rings. The molecule has 3 atom stereocenters. The summed E-state index contributed by atoms with van der Waals surface area (Å²) in [6, 6.07) is 7.33. The summed E-state index contributed by atoms with van der Waals surface area (Å²) in [6.07, 6.45) is 45.5. The van der Waals surface area contributed by atoms with Crippen LogP contribution in [0.4, 0.5) is 10.6 Å². The summed E-state index contributed by atoms with van der Waals surface area (Å²) in [5.41, 5.74) is 2.55. The number of carbonyl (C=O) groups is 6. The Kier molecular flexibility index (Phi) is 40.1. The van der Waals surface area contributed by atoms with E-state index < -0.39 is 18.2 Å². The van der Waals surface area contributed by atoms with Gasteiger partial charge in [-0.2, -0.15) is 5.26 Å². The number of nitrogens with zero attached hydrogens (tertiary/aromatic N) is 6. The molecule has 0 bridgehead atoms. The first-order chi connectivity index (χ1) is 44.6. The smallest absolute Gasteiger partial charge is 0.420 e. The lowest BCUT2D eigenvalue weighted by Crippen LogP contribution is -2.52. The molecule has 1 saturated heterocycles.